The van der Waals surface area contributed by atoms with E-state index < -0.39 is 0 Å². The van der Waals surface area contributed by atoms with Crippen LogP contribution in [0.1, 0.15) is 32.5 Å². The second-order valence-electron chi connectivity index (χ2n) is 5.08. The Morgan fingerprint density at radius 1 is 1.19 bits per heavy atom. The van der Waals surface area contributed by atoms with Gasteiger partial charge in [0, 0.05) is 5.69 Å². The Bertz CT molecular complexity index is 602. The molecule has 1 heterocycles. The molecule has 0 amide bonds. The van der Waals surface area contributed by atoms with Gasteiger partial charge >= 0.3 is 0 Å². The molecule has 0 aliphatic heterocycles. The van der Waals surface area contributed by atoms with Gasteiger partial charge < -0.3 is 10.1 Å². The third-order valence-corrected chi connectivity index (χ3v) is 3.17. The summed E-state index contributed by atoms with van der Waals surface area (Å²) in [5.41, 5.74) is 1.62. The Kier molecular flexibility index (Phi) is 5.02. The number of nitrogens with one attached hydrogen (secondary N) is 1. The molecule has 0 spiro atoms. The van der Waals surface area contributed by atoms with Gasteiger partial charge in [0.15, 0.2) is 0 Å². The number of rotatable bonds is 5. The van der Waals surface area contributed by atoms with E-state index in [0.717, 1.165) is 11.4 Å². The molecule has 1 unspecified atom stereocenters. The van der Waals surface area contributed by atoms with Gasteiger partial charge in [-0.25, -0.2) is 4.39 Å². The highest BCUT2D eigenvalue weighted by Crippen LogP contribution is 2.30. The van der Waals surface area contributed by atoms with Gasteiger partial charge in [0.05, 0.1) is 29.1 Å². The van der Waals surface area contributed by atoms with Crippen molar-refractivity contribution in [1.29, 1.82) is 0 Å². The number of anilines is 1. The van der Waals surface area contributed by atoms with Crippen LogP contribution in [-0.2, 0) is 0 Å². The number of benzene rings is 1. The summed E-state index contributed by atoms with van der Waals surface area (Å²) in [5, 5.41) is 3.82. The van der Waals surface area contributed by atoms with E-state index in [-0.39, 0.29) is 18.0 Å². The quantitative estimate of drug-likeness (QED) is 0.858. The molecule has 2 rings (SSSR count). The molecule has 112 valence electrons. The highest BCUT2D eigenvalue weighted by molar-refractivity contribution is 6.32. The maximum Gasteiger partial charge on any atom is 0.141 e. The van der Waals surface area contributed by atoms with Crippen molar-refractivity contribution in [2.24, 2.45) is 0 Å². The lowest BCUT2D eigenvalue weighted by Crippen LogP contribution is -2.09. The van der Waals surface area contributed by atoms with Crippen molar-refractivity contribution in [3.63, 3.8) is 0 Å². The predicted molar refractivity (Wildman–Crippen MR) is 83.4 cm³/mol. The predicted octanol–water partition coefficient (Wildman–Crippen LogP) is 4.83. The second kappa shape index (κ2) is 6.76. The molecule has 0 bridgehead atoms. The SMILES string of the molecule is CC(C)Oc1ccc(NC(C)c2ccc(F)cn2)cc1Cl. The van der Waals surface area contributed by atoms with Crippen molar-refractivity contribution >= 4 is 17.3 Å². The molecule has 1 aromatic carbocycles. The van der Waals surface area contributed by atoms with E-state index >= 15 is 0 Å². The maximum absolute atomic E-state index is 12.9. The zero-order valence-corrected chi connectivity index (χ0v) is 13.0. The topological polar surface area (TPSA) is 34.1 Å². The fraction of sp³-hybridized carbons (Fsp3) is 0.312. The van der Waals surface area contributed by atoms with Crippen LogP contribution in [0.3, 0.4) is 0 Å². The smallest absolute Gasteiger partial charge is 0.141 e. The van der Waals surface area contributed by atoms with Crippen molar-refractivity contribution in [3.8, 4) is 5.75 Å². The summed E-state index contributed by atoms with van der Waals surface area (Å²) < 4.78 is 18.5. The molecule has 0 saturated heterocycles. The molecule has 21 heavy (non-hydrogen) atoms. The third kappa shape index (κ3) is 4.33. The lowest BCUT2D eigenvalue weighted by Gasteiger charge is -2.17. The number of aromatic nitrogens is 1. The van der Waals surface area contributed by atoms with Crippen molar-refractivity contribution < 1.29 is 9.13 Å². The van der Waals surface area contributed by atoms with E-state index in [9.17, 15) is 4.39 Å². The first kappa shape index (κ1) is 15.6. The van der Waals surface area contributed by atoms with Gasteiger partial charge in [0.25, 0.3) is 0 Å². The van der Waals surface area contributed by atoms with Crippen LogP contribution in [-0.4, -0.2) is 11.1 Å². The molecule has 1 N–H and O–H groups in total. The summed E-state index contributed by atoms with van der Waals surface area (Å²) in [6.07, 6.45) is 1.28. The largest absolute Gasteiger partial charge is 0.489 e. The first-order valence-corrected chi connectivity index (χ1v) is 7.17. The van der Waals surface area contributed by atoms with Crippen molar-refractivity contribution in [1.82, 2.24) is 4.98 Å². The Morgan fingerprint density at radius 3 is 2.52 bits per heavy atom. The minimum absolute atomic E-state index is 0.0569. The fourth-order valence-corrected chi connectivity index (χ4v) is 2.13. The van der Waals surface area contributed by atoms with E-state index in [1.165, 1.54) is 12.3 Å². The van der Waals surface area contributed by atoms with Gasteiger partial charge in [0.2, 0.25) is 0 Å². The van der Waals surface area contributed by atoms with Crippen LogP contribution in [0.4, 0.5) is 10.1 Å². The number of hydrogen-bond acceptors (Lipinski definition) is 3. The van der Waals surface area contributed by atoms with Crippen molar-refractivity contribution in [2.45, 2.75) is 32.9 Å². The molecule has 0 aliphatic rings. The molecular weight excluding hydrogens is 291 g/mol. The van der Waals surface area contributed by atoms with Gasteiger partial charge in [-0.05, 0) is 51.1 Å². The molecule has 0 radical (unpaired) electrons. The van der Waals surface area contributed by atoms with Crippen LogP contribution < -0.4 is 10.1 Å². The highest BCUT2D eigenvalue weighted by Gasteiger charge is 2.09. The van der Waals surface area contributed by atoms with Gasteiger partial charge in [-0.2, -0.15) is 0 Å². The zero-order chi connectivity index (χ0) is 15.4. The second-order valence-corrected chi connectivity index (χ2v) is 5.49. The Balaban J connectivity index is 2.09. The summed E-state index contributed by atoms with van der Waals surface area (Å²) in [6, 6.07) is 8.52. The molecule has 0 fully saturated rings. The number of nitrogens with zero attached hydrogens (tertiary/aromatic N) is 1. The number of halogens is 2. The Morgan fingerprint density at radius 2 is 1.95 bits per heavy atom. The molecule has 3 nitrogen and oxygen atoms in total. The standard InChI is InChI=1S/C16H18ClFN2O/c1-10(2)21-16-7-5-13(8-14(16)17)20-11(3)15-6-4-12(18)9-19-15/h4-11,20H,1-3H3. The normalized spacial score (nSPS) is 12.3. The van der Waals surface area contributed by atoms with E-state index in [4.69, 9.17) is 16.3 Å². The Hall–Kier alpha value is -1.81. The number of ether oxygens (including phenoxy) is 1. The first-order valence-electron chi connectivity index (χ1n) is 6.80. The highest BCUT2D eigenvalue weighted by atomic mass is 35.5. The van der Waals surface area contributed by atoms with Crippen LogP contribution >= 0.6 is 11.6 Å². The average molecular weight is 309 g/mol. The molecule has 5 heteroatoms. The van der Waals surface area contributed by atoms with Crippen LogP contribution in [0.15, 0.2) is 36.5 Å². The van der Waals surface area contributed by atoms with Crippen molar-refractivity contribution in [2.75, 3.05) is 5.32 Å². The zero-order valence-electron chi connectivity index (χ0n) is 12.2. The number of pyridine rings is 1. The molecule has 0 saturated carbocycles. The first-order chi connectivity index (χ1) is 9.95. The van der Waals surface area contributed by atoms with Gasteiger partial charge in [-0.15, -0.1) is 0 Å². The lowest BCUT2D eigenvalue weighted by molar-refractivity contribution is 0.242. The molecular formula is C16H18ClFN2O. The van der Waals surface area contributed by atoms with Gasteiger partial charge in [-0.3, -0.25) is 4.98 Å². The van der Waals surface area contributed by atoms with Crippen LogP contribution in [0.5, 0.6) is 5.75 Å². The average Bonchev–Trinajstić information content (AvgIpc) is 2.42. The Labute approximate surface area is 129 Å². The summed E-state index contributed by atoms with van der Waals surface area (Å²) in [4.78, 5) is 4.06. The van der Waals surface area contributed by atoms with E-state index in [2.05, 4.69) is 10.3 Å². The van der Waals surface area contributed by atoms with Crippen LogP contribution in [0, 0.1) is 5.82 Å². The fourth-order valence-electron chi connectivity index (χ4n) is 1.91. The maximum atomic E-state index is 12.9. The molecule has 1 atom stereocenters. The lowest BCUT2D eigenvalue weighted by atomic mass is 10.2. The minimum Gasteiger partial charge on any atom is -0.489 e. The van der Waals surface area contributed by atoms with Crippen LogP contribution in [0.2, 0.25) is 5.02 Å². The minimum atomic E-state index is -0.343. The summed E-state index contributed by atoms with van der Waals surface area (Å²) in [5.74, 6) is 0.314. The molecule has 0 aliphatic carbocycles. The third-order valence-electron chi connectivity index (χ3n) is 2.87. The summed E-state index contributed by atoms with van der Waals surface area (Å²) >= 11 is 6.19. The van der Waals surface area contributed by atoms with Crippen molar-refractivity contribution in [3.05, 3.63) is 53.1 Å². The summed E-state index contributed by atoms with van der Waals surface area (Å²) in [7, 11) is 0. The number of hydrogen-bond donors (Lipinski definition) is 1. The van der Waals surface area contributed by atoms with Crippen LogP contribution in [0.25, 0.3) is 0 Å². The van der Waals surface area contributed by atoms with E-state index in [1.54, 1.807) is 12.1 Å². The van der Waals surface area contributed by atoms with Gasteiger partial charge in [0.1, 0.15) is 11.6 Å². The van der Waals surface area contributed by atoms with E-state index in [0.29, 0.717) is 10.8 Å². The molecule has 2 aromatic rings. The van der Waals surface area contributed by atoms with E-state index in [1.807, 2.05) is 32.9 Å². The monoisotopic (exact) mass is 308 g/mol. The summed E-state index contributed by atoms with van der Waals surface area (Å²) in [6.45, 7) is 5.85. The molecule has 1 aromatic heterocycles. The van der Waals surface area contributed by atoms with Gasteiger partial charge in [-0.1, -0.05) is 11.6 Å².